The molecular formula is C9H7F6N. The number of hydrogen-bond acceptors (Lipinski definition) is 1. The van der Waals surface area contributed by atoms with Crippen molar-refractivity contribution in [3.05, 3.63) is 35.4 Å². The summed E-state index contributed by atoms with van der Waals surface area (Å²) in [7, 11) is 0. The first-order valence-electron chi connectivity index (χ1n) is 4.13. The molecule has 16 heavy (non-hydrogen) atoms. The van der Waals surface area contributed by atoms with Crippen LogP contribution in [-0.4, -0.2) is 12.3 Å². The lowest BCUT2D eigenvalue weighted by molar-refractivity contribution is -0.145. The number of hydrogen-bond donors (Lipinski definition) is 1. The van der Waals surface area contributed by atoms with E-state index >= 15 is 0 Å². The Balaban J connectivity index is 3.14. The van der Waals surface area contributed by atoms with E-state index in [2.05, 4.69) is 0 Å². The molecule has 1 aromatic rings. The van der Waals surface area contributed by atoms with Crippen LogP contribution in [0.5, 0.6) is 0 Å². The summed E-state index contributed by atoms with van der Waals surface area (Å²) in [5.41, 5.74) is 3.83. The van der Waals surface area contributed by atoms with E-state index in [4.69, 9.17) is 5.73 Å². The van der Waals surface area contributed by atoms with Gasteiger partial charge in [0.05, 0.1) is 0 Å². The molecule has 0 heterocycles. The molecule has 1 nitrogen and oxygen atoms in total. The maximum absolute atomic E-state index is 13.0. The van der Waals surface area contributed by atoms with E-state index in [1.165, 1.54) is 0 Å². The first-order valence-corrected chi connectivity index (χ1v) is 4.13. The summed E-state index contributed by atoms with van der Waals surface area (Å²) in [6.07, 6.45) is -4.05. The topological polar surface area (TPSA) is 26.0 Å². The van der Waals surface area contributed by atoms with Crippen molar-refractivity contribution in [2.24, 2.45) is 5.73 Å². The van der Waals surface area contributed by atoms with Gasteiger partial charge in [-0.1, -0.05) is 0 Å². The molecule has 0 amide bonds. The summed E-state index contributed by atoms with van der Waals surface area (Å²) in [4.78, 5) is 0. The number of benzene rings is 1. The van der Waals surface area contributed by atoms with E-state index in [1.807, 2.05) is 0 Å². The monoisotopic (exact) mass is 243 g/mol. The third kappa shape index (κ3) is 2.29. The summed E-state index contributed by atoms with van der Waals surface area (Å²) < 4.78 is 75.0. The number of alkyl halides is 4. The quantitative estimate of drug-likeness (QED) is 0.811. The van der Waals surface area contributed by atoms with Gasteiger partial charge in [0.2, 0.25) is 0 Å². The first-order chi connectivity index (χ1) is 7.26. The van der Waals surface area contributed by atoms with Crippen LogP contribution in [0.4, 0.5) is 26.3 Å². The average Bonchev–Trinajstić information content (AvgIpc) is 2.20. The summed E-state index contributed by atoms with van der Waals surface area (Å²) in [6, 6.07) is -1.00. The number of nitrogens with two attached hydrogens (primary N) is 1. The maximum atomic E-state index is 13.0. The summed E-state index contributed by atoms with van der Waals surface area (Å²) in [6.45, 7) is 0. The zero-order valence-corrected chi connectivity index (χ0v) is 7.73. The molecular weight excluding hydrogens is 236 g/mol. The highest BCUT2D eigenvalue weighted by Crippen LogP contribution is 2.35. The van der Waals surface area contributed by atoms with Gasteiger partial charge >= 0.3 is 12.3 Å². The fourth-order valence-corrected chi connectivity index (χ4v) is 1.10. The van der Waals surface area contributed by atoms with Gasteiger partial charge in [-0.2, -0.15) is 8.78 Å². The van der Waals surface area contributed by atoms with E-state index in [-0.39, 0.29) is 0 Å². The molecule has 1 aromatic carbocycles. The zero-order chi connectivity index (χ0) is 12.5. The second-order valence-corrected chi connectivity index (χ2v) is 3.12. The van der Waals surface area contributed by atoms with Gasteiger partial charge < -0.3 is 5.73 Å². The lowest BCUT2D eigenvalue weighted by atomic mass is 10.0. The van der Waals surface area contributed by atoms with E-state index < -0.39 is 35.6 Å². The van der Waals surface area contributed by atoms with Gasteiger partial charge in [-0.25, -0.2) is 17.6 Å². The summed E-state index contributed by atoms with van der Waals surface area (Å²) in [5, 5.41) is 0. The zero-order valence-electron chi connectivity index (χ0n) is 7.73. The normalized spacial score (nSPS) is 14.2. The SMILES string of the molecule is NC(c1cc(F)ccc1F)C(F)(F)C(F)F. The minimum Gasteiger partial charge on any atom is -0.319 e. The molecule has 0 fully saturated rings. The Morgan fingerprint density at radius 3 is 2.19 bits per heavy atom. The van der Waals surface area contributed by atoms with Crippen molar-refractivity contribution in [2.75, 3.05) is 0 Å². The van der Waals surface area contributed by atoms with Gasteiger partial charge in [0.15, 0.2) is 0 Å². The molecule has 0 saturated carbocycles. The molecule has 0 aliphatic rings. The van der Waals surface area contributed by atoms with Gasteiger partial charge in [-0.15, -0.1) is 0 Å². The average molecular weight is 243 g/mol. The van der Waals surface area contributed by atoms with Crippen molar-refractivity contribution in [1.29, 1.82) is 0 Å². The van der Waals surface area contributed by atoms with Gasteiger partial charge in [0, 0.05) is 5.56 Å². The molecule has 1 atom stereocenters. The van der Waals surface area contributed by atoms with Crippen LogP contribution in [0.1, 0.15) is 11.6 Å². The van der Waals surface area contributed by atoms with E-state index in [0.29, 0.717) is 18.2 Å². The van der Waals surface area contributed by atoms with Crippen molar-refractivity contribution in [3.63, 3.8) is 0 Å². The largest absolute Gasteiger partial charge is 0.326 e. The fraction of sp³-hybridized carbons (Fsp3) is 0.333. The van der Waals surface area contributed by atoms with Crippen LogP contribution in [0.3, 0.4) is 0 Å². The van der Waals surface area contributed by atoms with Crippen molar-refractivity contribution in [3.8, 4) is 0 Å². The Labute approximate surface area is 86.9 Å². The maximum Gasteiger partial charge on any atom is 0.326 e. The van der Waals surface area contributed by atoms with Crippen molar-refractivity contribution < 1.29 is 26.3 Å². The van der Waals surface area contributed by atoms with Crippen LogP contribution in [0.15, 0.2) is 18.2 Å². The molecule has 0 aliphatic heterocycles. The Bertz CT molecular complexity index is 378. The van der Waals surface area contributed by atoms with E-state index in [0.717, 1.165) is 0 Å². The second kappa shape index (κ2) is 4.32. The number of halogens is 6. The van der Waals surface area contributed by atoms with Crippen molar-refractivity contribution in [1.82, 2.24) is 0 Å². The third-order valence-electron chi connectivity index (χ3n) is 2.00. The first kappa shape index (κ1) is 12.8. The molecule has 0 bridgehead atoms. The summed E-state index contributed by atoms with van der Waals surface area (Å²) in [5.74, 6) is -6.90. The van der Waals surface area contributed by atoms with Gasteiger partial charge in [-0.3, -0.25) is 0 Å². The fourth-order valence-electron chi connectivity index (χ4n) is 1.10. The minimum atomic E-state index is -4.62. The van der Waals surface area contributed by atoms with Crippen LogP contribution in [-0.2, 0) is 0 Å². The minimum absolute atomic E-state index is 0.371. The molecule has 0 aliphatic carbocycles. The highest BCUT2D eigenvalue weighted by molar-refractivity contribution is 5.24. The lowest BCUT2D eigenvalue weighted by Gasteiger charge is -2.23. The van der Waals surface area contributed by atoms with Crippen LogP contribution in [0.25, 0.3) is 0 Å². The molecule has 0 aromatic heterocycles. The number of rotatable bonds is 3. The van der Waals surface area contributed by atoms with Gasteiger partial charge in [-0.05, 0) is 18.2 Å². The lowest BCUT2D eigenvalue weighted by Crippen LogP contribution is -2.39. The van der Waals surface area contributed by atoms with Gasteiger partial charge in [0.1, 0.15) is 17.7 Å². The Hall–Kier alpha value is -1.24. The molecule has 2 N–H and O–H groups in total. The van der Waals surface area contributed by atoms with Crippen LogP contribution >= 0.6 is 0 Å². The third-order valence-corrected chi connectivity index (χ3v) is 2.00. The van der Waals surface area contributed by atoms with Gasteiger partial charge in [0.25, 0.3) is 0 Å². The molecule has 1 rings (SSSR count). The van der Waals surface area contributed by atoms with Crippen molar-refractivity contribution >= 4 is 0 Å². The van der Waals surface area contributed by atoms with Crippen LogP contribution in [0, 0.1) is 11.6 Å². The second-order valence-electron chi connectivity index (χ2n) is 3.12. The van der Waals surface area contributed by atoms with E-state index in [9.17, 15) is 26.3 Å². The Morgan fingerprint density at radius 2 is 1.69 bits per heavy atom. The Morgan fingerprint density at radius 1 is 1.12 bits per heavy atom. The molecule has 90 valence electrons. The van der Waals surface area contributed by atoms with Crippen molar-refractivity contribution in [2.45, 2.75) is 18.4 Å². The molecule has 1 unspecified atom stereocenters. The highest BCUT2D eigenvalue weighted by Gasteiger charge is 2.48. The van der Waals surface area contributed by atoms with Crippen LogP contribution in [0.2, 0.25) is 0 Å². The predicted molar refractivity (Wildman–Crippen MR) is 44.2 cm³/mol. The predicted octanol–water partition coefficient (Wildman–Crippen LogP) is 2.87. The summed E-state index contributed by atoms with van der Waals surface area (Å²) >= 11 is 0. The highest BCUT2D eigenvalue weighted by atomic mass is 19.3. The van der Waals surface area contributed by atoms with E-state index in [1.54, 1.807) is 0 Å². The molecule has 0 spiro atoms. The molecule has 7 heteroatoms. The smallest absolute Gasteiger partial charge is 0.319 e. The molecule has 0 radical (unpaired) electrons. The Kier molecular flexibility index (Phi) is 3.47. The van der Waals surface area contributed by atoms with Crippen LogP contribution < -0.4 is 5.73 Å². The molecule has 0 saturated heterocycles. The standard InChI is InChI=1S/C9H7F6N/c10-4-1-2-6(11)5(3-4)7(16)9(14,15)8(12)13/h1-3,7-8H,16H2.